The molecular formula is C10H18N2O5S. The average molecular weight is 278 g/mol. The Morgan fingerprint density at radius 2 is 2.11 bits per heavy atom. The second-order valence-corrected chi connectivity index (χ2v) is 4.61. The molecule has 0 heterocycles. The molecule has 1 unspecified atom stereocenters. The molecule has 0 spiro atoms. The number of aliphatic carboxylic acids is 1. The number of ether oxygens (including phenoxy) is 1. The molecule has 0 fully saturated rings. The van der Waals surface area contributed by atoms with E-state index in [1.165, 1.54) is 18.9 Å². The van der Waals surface area contributed by atoms with Gasteiger partial charge in [0.2, 0.25) is 11.8 Å². The lowest BCUT2D eigenvalue weighted by Gasteiger charge is -2.13. The van der Waals surface area contributed by atoms with Gasteiger partial charge in [-0.2, -0.15) is 11.8 Å². The zero-order valence-corrected chi connectivity index (χ0v) is 11.0. The van der Waals surface area contributed by atoms with Gasteiger partial charge in [-0.15, -0.1) is 0 Å². The summed E-state index contributed by atoms with van der Waals surface area (Å²) in [4.78, 5) is 32.7. The summed E-state index contributed by atoms with van der Waals surface area (Å²) < 4.78 is 4.76. The number of carboxylic acids is 1. The van der Waals surface area contributed by atoms with Crippen molar-refractivity contribution >= 4 is 29.5 Å². The first kappa shape index (κ1) is 16.7. The predicted octanol–water partition coefficient (Wildman–Crippen LogP) is -0.799. The molecule has 8 heteroatoms. The molecule has 0 saturated carbocycles. The Morgan fingerprint density at radius 3 is 2.61 bits per heavy atom. The fraction of sp³-hybridized carbons (Fsp3) is 0.700. The van der Waals surface area contributed by atoms with Crippen molar-refractivity contribution in [2.24, 2.45) is 5.73 Å². The van der Waals surface area contributed by atoms with Crippen LogP contribution < -0.4 is 11.1 Å². The number of amides is 2. The number of nitrogens with one attached hydrogen (secondary N) is 1. The summed E-state index contributed by atoms with van der Waals surface area (Å²) in [5.74, 6) is -1.32. The third kappa shape index (κ3) is 8.82. The average Bonchev–Trinajstić information content (AvgIpc) is 2.29. The number of nitrogens with two attached hydrogens (primary N) is 1. The van der Waals surface area contributed by atoms with Crippen LogP contribution in [0.25, 0.3) is 0 Å². The minimum atomic E-state index is -1.09. The normalized spacial score (nSPS) is 11.8. The molecule has 0 aliphatic heterocycles. The molecule has 0 radical (unpaired) electrons. The maximum absolute atomic E-state index is 11.4. The van der Waals surface area contributed by atoms with Crippen molar-refractivity contribution in [3.63, 3.8) is 0 Å². The van der Waals surface area contributed by atoms with Crippen molar-refractivity contribution < 1.29 is 24.2 Å². The van der Waals surface area contributed by atoms with Crippen molar-refractivity contribution in [2.75, 3.05) is 25.2 Å². The fourth-order valence-corrected chi connectivity index (χ4v) is 1.77. The van der Waals surface area contributed by atoms with Crippen LogP contribution in [0.5, 0.6) is 0 Å². The Morgan fingerprint density at radius 1 is 1.44 bits per heavy atom. The lowest BCUT2D eigenvalue weighted by Crippen LogP contribution is -2.41. The minimum absolute atomic E-state index is 0.148. The molecule has 2 amide bonds. The Balaban J connectivity index is 3.87. The number of carbonyl (C=O) groups is 3. The third-order valence-corrected chi connectivity index (χ3v) is 2.94. The van der Waals surface area contributed by atoms with E-state index in [-0.39, 0.29) is 31.1 Å². The van der Waals surface area contributed by atoms with Gasteiger partial charge in [0.05, 0.1) is 5.75 Å². The Kier molecular flexibility index (Phi) is 9.03. The maximum Gasteiger partial charge on any atom is 0.326 e. The van der Waals surface area contributed by atoms with E-state index in [0.29, 0.717) is 5.75 Å². The number of thioether (sulfide) groups is 1. The van der Waals surface area contributed by atoms with Gasteiger partial charge in [0.1, 0.15) is 6.04 Å². The van der Waals surface area contributed by atoms with Gasteiger partial charge < -0.3 is 20.9 Å². The highest BCUT2D eigenvalue weighted by molar-refractivity contribution is 7.99. The van der Waals surface area contributed by atoms with Crippen molar-refractivity contribution in [3.05, 3.63) is 0 Å². The molecule has 0 saturated heterocycles. The molecule has 0 aliphatic rings. The molecule has 18 heavy (non-hydrogen) atoms. The first-order valence-corrected chi connectivity index (χ1v) is 6.50. The van der Waals surface area contributed by atoms with Gasteiger partial charge in [-0.3, -0.25) is 9.59 Å². The number of methoxy groups -OCH3 is 1. The van der Waals surface area contributed by atoms with Crippen LogP contribution in [0.15, 0.2) is 0 Å². The highest BCUT2D eigenvalue weighted by Crippen LogP contribution is 2.02. The van der Waals surface area contributed by atoms with E-state index in [2.05, 4.69) is 5.32 Å². The largest absolute Gasteiger partial charge is 0.480 e. The lowest BCUT2D eigenvalue weighted by molar-refractivity contribution is -0.142. The van der Waals surface area contributed by atoms with Gasteiger partial charge >= 0.3 is 5.97 Å². The number of hydrogen-bond acceptors (Lipinski definition) is 5. The minimum Gasteiger partial charge on any atom is -0.480 e. The van der Waals surface area contributed by atoms with Crippen LogP contribution in [0, 0.1) is 0 Å². The van der Waals surface area contributed by atoms with Crippen LogP contribution in [-0.2, 0) is 19.1 Å². The first-order chi connectivity index (χ1) is 8.47. The third-order valence-electron chi connectivity index (χ3n) is 1.96. The number of rotatable bonds is 10. The van der Waals surface area contributed by atoms with Crippen LogP contribution in [0.2, 0.25) is 0 Å². The topological polar surface area (TPSA) is 119 Å². The van der Waals surface area contributed by atoms with Gasteiger partial charge in [-0.25, -0.2) is 4.79 Å². The summed E-state index contributed by atoms with van der Waals surface area (Å²) >= 11 is 1.24. The van der Waals surface area contributed by atoms with E-state index in [4.69, 9.17) is 15.6 Å². The molecule has 7 nitrogen and oxygen atoms in total. The van der Waals surface area contributed by atoms with E-state index in [9.17, 15) is 14.4 Å². The zero-order valence-electron chi connectivity index (χ0n) is 10.2. The second kappa shape index (κ2) is 9.72. The highest BCUT2D eigenvalue weighted by Gasteiger charge is 2.19. The van der Waals surface area contributed by atoms with Gasteiger partial charge in [0, 0.05) is 32.3 Å². The van der Waals surface area contributed by atoms with Crippen molar-refractivity contribution in [2.45, 2.75) is 18.9 Å². The maximum atomic E-state index is 11.4. The molecule has 0 aromatic heterocycles. The molecule has 0 aromatic carbocycles. The SMILES string of the molecule is COCCC(NC(=O)CCSCC(N)=O)C(=O)O. The molecule has 0 aromatic rings. The van der Waals surface area contributed by atoms with Crippen molar-refractivity contribution in [1.82, 2.24) is 5.32 Å². The van der Waals surface area contributed by atoms with Crippen LogP contribution in [0.1, 0.15) is 12.8 Å². The summed E-state index contributed by atoms with van der Waals surface area (Å²) in [6, 6.07) is -0.946. The Bertz CT molecular complexity index is 298. The highest BCUT2D eigenvalue weighted by atomic mass is 32.2. The van der Waals surface area contributed by atoms with Crippen LogP contribution in [0.3, 0.4) is 0 Å². The van der Waals surface area contributed by atoms with Crippen LogP contribution in [-0.4, -0.2) is 54.2 Å². The summed E-state index contributed by atoms with van der Waals surface area (Å²) in [6.45, 7) is 0.258. The Labute approximate surface area is 109 Å². The molecule has 1 atom stereocenters. The smallest absolute Gasteiger partial charge is 0.326 e. The first-order valence-electron chi connectivity index (χ1n) is 5.34. The number of carbonyl (C=O) groups excluding carboxylic acids is 2. The van der Waals surface area contributed by atoms with Crippen LogP contribution in [0.4, 0.5) is 0 Å². The molecule has 0 bridgehead atoms. The predicted molar refractivity (Wildman–Crippen MR) is 67.2 cm³/mol. The van der Waals surface area contributed by atoms with Crippen molar-refractivity contribution in [1.29, 1.82) is 0 Å². The molecule has 4 N–H and O–H groups in total. The summed E-state index contributed by atoms with van der Waals surface area (Å²) in [7, 11) is 1.46. The number of carboxylic acid groups (broad SMARTS) is 1. The van der Waals surface area contributed by atoms with E-state index in [1.807, 2.05) is 0 Å². The number of hydrogen-bond donors (Lipinski definition) is 3. The second-order valence-electron chi connectivity index (χ2n) is 3.51. The Hall–Kier alpha value is -1.28. The molecule has 0 rings (SSSR count). The van der Waals surface area contributed by atoms with Gasteiger partial charge in [-0.1, -0.05) is 0 Å². The zero-order chi connectivity index (χ0) is 14.0. The van der Waals surface area contributed by atoms with Gasteiger partial charge in [0.25, 0.3) is 0 Å². The lowest BCUT2D eigenvalue weighted by atomic mass is 10.2. The molecular weight excluding hydrogens is 260 g/mol. The summed E-state index contributed by atoms with van der Waals surface area (Å²) in [5, 5.41) is 11.2. The number of primary amides is 1. The van der Waals surface area contributed by atoms with E-state index in [1.54, 1.807) is 0 Å². The van der Waals surface area contributed by atoms with E-state index >= 15 is 0 Å². The summed E-state index contributed by atoms with van der Waals surface area (Å²) in [5.41, 5.74) is 4.93. The van der Waals surface area contributed by atoms with Gasteiger partial charge in [0.15, 0.2) is 0 Å². The fourth-order valence-electron chi connectivity index (χ4n) is 1.10. The summed E-state index contributed by atoms with van der Waals surface area (Å²) in [6.07, 6.45) is 0.362. The van der Waals surface area contributed by atoms with Crippen LogP contribution >= 0.6 is 11.8 Å². The molecule has 0 aliphatic carbocycles. The van der Waals surface area contributed by atoms with E-state index in [0.717, 1.165) is 0 Å². The van der Waals surface area contributed by atoms with Crippen molar-refractivity contribution in [3.8, 4) is 0 Å². The van der Waals surface area contributed by atoms with E-state index < -0.39 is 17.9 Å². The van der Waals surface area contributed by atoms with Gasteiger partial charge in [-0.05, 0) is 0 Å². The standard InChI is InChI=1S/C10H18N2O5S/c1-17-4-2-7(10(15)16)12-9(14)3-5-18-6-8(11)13/h7H,2-6H2,1H3,(H2,11,13)(H,12,14)(H,15,16). The quantitative estimate of drug-likeness (QED) is 0.450. The monoisotopic (exact) mass is 278 g/mol. The molecule has 104 valence electrons.